The molecule has 8 rings (SSSR count). The summed E-state index contributed by atoms with van der Waals surface area (Å²) >= 11 is 0. The van der Waals surface area contributed by atoms with Gasteiger partial charge in [-0.3, -0.25) is 0 Å². The van der Waals surface area contributed by atoms with E-state index in [1.54, 1.807) is 0 Å². The summed E-state index contributed by atoms with van der Waals surface area (Å²) in [7, 11) is 1.97. The molecule has 47 heavy (non-hydrogen) atoms. The molecule has 0 spiro atoms. The Kier molecular flexibility index (Phi) is 7.78. The topological polar surface area (TPSA) is 37.1 Å². The van der Waals surface area contributed by atoms with E-state index in [0.717, 1.165) is 56.0 Å². The number of rotatable bonds is 5. The van der Waals surface area contributed by atoms with Crippen LogP contribution in [0, 0.1) is 26.0 Å². The van der Waals surface area contributed by atoms with Crippen molar-refractivity contribution in [1.29, 1.82) is 0 Å². The predicted octanol–water partition coefficient (Wildman–Crippen LogP) is 9.81. The largest absolute Gasteiger partial charge is 0.319 e. The Hall–Kier alpha value is -4.70. The van der Waals surface area contributed by atoms with Gasteiger partial charge in [-0.25, -0.2) is 4.98 Å². The molecule has 236 valence electrons. The zero-order chi connectivity index (χ0) is 31.6. The van der Waals surface area contributed by atoms with Gasteiger partial charge in [-0.05, 0) is 77.2 Å². The minimum atomic E-state index is -0.385. The number of hydrogen-bond donors (Lipinski definition) is 0. The summed E-state index contributed by atoms with van der Waals surface area (Å²) in [5.74, 6) is 0.879. The van der Waals surface area contributed by atoms with Crippen LogP contribution in [-0.2, 0) is 26.5 Å². The number of benzene rings is 5. The average Bonchev–Trinajstić information content (AvgIpc) is 3.59. The van der Waals surface area contributed by atoms with Gasteiger partial charge >= 0.3 is 0 Å². The van der Waals surface area contributed by atoms with Crippen LogP contribution in [0.3, 0.4) is 0 Å². The van der Waals surface area contributed by atoms with E-state index in [0.29, 0.717) is 0 Å². The molecule has 0 amide bonds. The van der Waals surface area contributed by atoms with Crippen LogP contribution < -0.4 is 10.1 Å². The zero-order valence-electron chi connectivity index (χ0n) is 27.0. The van der Waals surface area contributed by atoms with Crippen molar-refractivity contribution in [2.75, 3.05) is 17.2 Å². The number of fused-ring (bicyclic) bond motifs is 4. The molecule has 0 radical (unpaired) electrons. The molecule has 0 aliphatic carbocycles. The number of nitrogens with zero attached hydrogens (tertiary/aromatic N) is 4. The van der Waals surface area contributed by atoms with Crippen molar-refractivity contribution >= 4 is 38.9 Å². The maximum atomic E-state index is 4.91. The predicted molar refractivity (Wildman–Crippen MR) is 188 cm³/mol. The molecule has 0 bridgehead atoms. The second-order valence-electron chi connectivity index (χ2n) is 12.6. The van der Waals surface area contributed by atoms with E-state index in [-0.39, 0.29) is 26.5 Å². The van der Waals surface area contributed by atoms with Gasteiger partial charge in [0.2, 0.25) is 0 Å². The fourth-order valence-corrected chi connectivity index (χ4v) is 6.88. The molecule has 5 aromatic carbocycles. The molecule has 1 N–H and O–H groups in total. The van der Waals surface area contributed by atoms with Crippen LogP contribution in [0.2, 0.25) is 0 Å². The molecule has 5 nitrogen and oxygen atoms in total. The Bertz CT molecular complexity index is 2270. The molecule has 2 aromatic heterocycles. The first-order valence-electron chi connectivity index (χ1n) is 15.7. The summed E-state index contributed by atoms with van der Waals surface area (Å²) in [6.45, 7) is 8.83. The van der Waals surface area contributed by atoms with Crippen LogP contribution in [0.5, 0.6) is 0 Å². The van der Waals surface area contributed by atoms with Crippen molar-refractivity contribution in [1.82, 2.24) is 9.55 Å². The third-order valence-corrected chi connectivity index (χ3v) is 9.36. The molecule has 0 saturated heterocycles. The Morgan fingerprint density at radius 2 is 1.40 bits per heavy atom. The Morgan fingerprint density at radius 1 is 0.702 bits per heavy atom. The van der Waals surface area contributed by atoms with E-state index in [1.165, 1.54) is 22.1 Å². The Labute approximate surface area is 290 Å². The van der Waals surface area contributed by atoms with Crippen LogP contribution in [0.1, 0.15) is 36.1 Å². The third kappa shape index (κ3) is 5.06. The number of aromatic nitrogens is 2. The first kappa shape index (κ1) is 30.9. The number of hydrogen-bond acceptors (Lipinski definition) is 3. The van der Waals surface area contributed by atoms with Gasteiger partial charge in [0.15, 0.2) is 0 Å². The van der Waals surface area contributed by atoms with E-state index in [2.05, 4.69) is 141 Å². The second kappa shape index (κ2) is 11.8. The quantitative estimate of drug-likeness (QED) is 0.129. The van der Waals surface area contributed by atoms with E-state index in [4.69, 9.17) is 9.92 Å². The third-order valence-electron chi connectivity index (χ3n) is 9.36. The van der Waals surface area contributed by atoms with Gasteiger partial charge in [0.25, 0.3) is 0 Å². The van der Waals surface area contributed by atoms with Gasteiger partial charge in [-0.1, -0.05) is 67.9 Å². The molecule has 7 aromatic rings. The molecular formula is C41H35N4OPt-. The van der Waals surface area contributed by atoms with Crippen molar-refractivity contribution in [3.63, 3.8) is 0 Å². The minimum Gasteiger partial charge on any atom is -0.319 e. The molecule has 1 aliphatic rings. The van der Waals surface area contributed by atoms with Crippen LogP contribution >= 0.6 is 0 Å². The van der Waals surface area contributed by atoms with E-state index >= 15 is 0 Å². The SMILES string of the molecule is Cc1cccc(C)c1-c1ccnc(-n2c3[c-]c(C(C)(C)c4[c-]c(N5[OH+]N(C)c6ccccc65)ccc4)ccc3c3ccccc32)c1.[Pt]. The minimum absolute atomic E-state index is 0. The maximum Gasteiger partial charge on any atom is 0.145 e. The molecule has 0 saturated carbocycles. The molecule has 1 aliphatic heterocycles. The standard InChI is InChI=1S/C41H34N4O.Pt/c1-27-12-10-13-28(2)40(27)29-22-23-42-39(24-29)44-35-17-7-6-16-33(35)34-21-20-31(26-38(34)44)41(3,4)30-14-11-15-32(25-30)45-37-19-9-8-18-36(37)43(5)46-45;/h6-24H,1-5H3;/q-2;/p+1. The van der Waals surface area contributed by atoms with E-state index in [9.17, 15) is 0 Å². The summed E-state index contributed by atoms with van der Waals surface area (Å²) in [6.07, 6.45) is 1.92. The van der Waals surface area contributed by atoms with Crippen molar-refractivity contribution < 1.29 is 26.0 Å². The fourth-order valence-electron chi connectivity index (χ4n) is 6.88. The van der Waals surface area contributed by atoms with Crippen molar-refractivity contribution in [3.05, 3.63) is 150 Å². The maximum absolute atomic E-state index is 4.91. The van der Waals surface area contributed by atoms with Gasteiger partial charge in [-0.2, -0.15) is 46.4 Å². The number of pyridine rings is 1. The molecule has 3 heterocycles. The van der Waals surface area contributed by atoms with Gasteiger partial charge in [0, 0.05) is 38.5 Å². The fraction of sp³-hybridized carbons (Fsp3) is 0.146. The van der Waals surface area contributed by atoms with Crippen LogP contribution in [0.15, 0.2) is 115 Å². The second-order valence-corrected chi connectivity index (χ2v) is 12.6. The number of aryl methyl sites for hydroxylation is 2. The summed E-state index contributed by atoms with van der Waals surface area (Å²) in [4.78, 5) is 9.70. The van der Waals surface area contributed by atoms with Gasteiger partial charge < -0.3 is 4.57 Å². The monoisotopic (exact) mass is 794 g/mol. The van der Waals surface area contributed by atoms with E-state index in [1.807, 2.05) is 35.5 Å². The zero-order valence-corrected chi connectivity index (χ0v) is 29.3. The smallest absolute Gasteiger partial charge is 0.145 e. The van der Waals surface area contributed by atoms with Crippen molar-refractivity contribution in [3.8, 4) is 16.9 Å². The molecule has 0 unspecified atom stereocenters. The van der Waals surface area contributed by atoms with Gasteiger partial charge in [0.05, 0.1) is 7.05 Å². The van der Waals surface area contributed by atoms with Crippen molar-refractivity contribution in [2.24, 2.45) is 0 Å². The summed E-state index contributed by atoms with van der Waals surface area (Å²) in [5, 5.41) is 6.21. The van der Waals surface area contributed by atoms with Crippen molar-refractivity contribution in [2.45, 2.75) is 33.1 Å². The van der Waals surface area contributed by atoms with Gasteiger partial charge in [-0.15, -0.1) is 27.6 Å². The summed E-state index contributed by atoms with van der Waals surface area (Å²) in [6, 6.07) is 45.9. The molecule has 0 fully saturated rings. The Morgan fingerprint density at radius 3 is 2.21 bits per heavy atom. The number of anilines is 3. The normalized spacial score (nSPS) is 12.9. The first-order chi connectivity index (χ1) is 22.3. The first-order valence-corrected chi connectivity index (χ1v) is 15.7. The summed E-state index contributed by atoms with van der Waals surface area (Å²) in [5.41, 5.74) is 11.8. The number of para-hydroxylation sites is 3. The van der Waals surface area contributed by atoms with Crippen LogP contribution in [0.25, 0.3) is 38.8 Å². The number of hydroxylamine groups is 1. The average molecular weight is 795 g/mol. The molecular weight excluding hydrogens is 760 g/mol. The van der Waals surface area contributed by atoms with Crippen LogP contribution in [0.4, 0.5) is 17.1 Å². The Balaban J connectivity index is 0.00000351. The van der Waals surface area contributed by atoms with Crippen LogP contribution in [-0.4, -0.2) is 21.5 Å². The molecule has 6 heteroatoms. The molecule has 0 atom stereocenters. The van der Waals surface area contributed by atoms with E-state index < -0.39 is 0 Å². The van der Waals surface area contributed by atoms with Gasteiger partial charge in [0.1, 0.15) is 17.2 Å². The summed E-state index contributed by atoms with van der Waals surface area (Å²) < 4.78 is 2.26.